The van der Waals surface area contributed by atoms with Gasteiger partial charge in [-0.15, -0.1) is 0 Å². The Hall–Kier alpha value is -6.39. The van der Waals surface area contributed by atoms with E-state index in [0.717, 1.165) is 55.1 Å². The van der Waals surface area contributed by atoms with Crippen molar-refractivity contribution in [1.29, 1.82) is 0 Å². The molecule has 0 saturated heterocycles. The van der Waals surface area contributed by atoms with Gasteiger partial charge in [-0.25, -0.2) is 15.0 Å². The highest BCUT2D eigenvalue weighted by Crippen LogP contribution is 2.55. The van der Waals surface area contributed by atoms with Gasteiger partial charge in [-0.3, -0.25) is 0 Å². The molecular weight excluding hydrogens is 587 g/mol. The fourth-order valence-corrected chi connectivity index (χ4v) is 7.60. The maximum Gasteiger partial charge on any atom is 0.163 e. The first kappa shape index (κ1) is 26.8. The number of para-hydroxylation sites is 1. The summed E-state index contributed by atoms with van der Waals surface area (Å²) < 4.78 is 6.18. The molecule has 4 heteroatoms. The van der Waals surface area contributed by atoms with E-state index in [0.29, 0.717) is 17.5 Å². The molecule has 0 radical (unpaired) electrons. The number of hydrogen-bond acceptors (Lipinski definition) is 4. The first-order chi connectivity index (χ1) is 23.8. The van der Waals surface area contributed by atoms with E-state index in [-0.39, 0.29) is 0 Å². The number of benzene rings is 7. The number of aromatic nitrogens is 3. The van der Waals surface area contributed by atoms with Crippen molar-refractivity contribution in [2.24, 2.45) is 0 Å². The summed E-state index contributed by atoms with van der Waals surface area (Å²) in [6.07, 6.45) is 0. The quantitative estimate of drug-likeness (QED) is 0.198. The summed E-state index contributed by atoms with van der Waals surface area (Å²) in [7, 11) is 0. The number of furan rings is 1. The van der Waals surface area contributed by atoms with Gasteiger partial charge in [0.25, 0.3) is 0 Å². The third-order valence-electron chi connectivity index (χ3n) is 9.77. The van der Waals surface area contributed by atoms with Gasteiger partial charge in [0.1, 0.15) is 16.6 Å². The normalized spacial score (nSPS) is 13.2. The van der Waals surface area contributed by atoms with Crippen LogP contribution in [-0.2, 0) is 5.41 Å². The molecule has 10 rings (SSSR count). The molecule has 0 spiro atoms. The van der Waals surface area contributed by atoms with Gasteiger partial charge in [0, 0.05) is 21.9 Å². The Labute approximate surface area is 277 Å². The molecule has 1 aliphatic carbocycles. The van der Waals surface area contributed by atoms with Crippen molar-refractivity contribution in [2.45, 2.75) is 5.41 Å². The molecule has 9 aromatic rings. The fraction of sp³-hybridized carbons (Fsp3) is 0.0227. The Kier molecular flexibility index (Phi) is 5.75. The Morgan fingerprint density at radius 1 is 0.417 bits per heavy atom. The average molecular weight is 614 g/mol. The van der Waals surface area contributed by atoms with Crippen molar-refractivity contribution in [1.82, 2.24) is 15.0 Å². The van der Waals surface area contributed by atoms with E-state index < -0.39 is 5.41 Å². The van der Waals surface area contributed by atoms with Crippen LogP contribution in [-0.4, -0.2) is 15.0 Å². The van der Waals surface area contributed by atoms with E-state index in [9.17, 15) is 0 Å². The predicted octanol–water partition coefficient (Wildman–Crippen LogP) is 10.6. The van der Waals surface area contributed by atoms with Crippen LogP contribution in [0.25, 0.3) is 66.6 Å². The maximum absolute atomic E-state index is 6.18. The molecule has 0 unspecified atom stereocenters. The van der Waals surface area contributed by atoms with Gasteiger partial charge in [-0.1, -0.05) is 133 Å². The van der Waals surface area contributed by atoms with Crippen molar-refractivity contribution < 1.29 is 4.42 Å². The van der Waals surface area contributed by atoms with Crippen LogP contribution in [0.5, 0.6) is 0 Å². The summed E-state index contributed by atoms with van der Waals surface area (Å²) in [4.78, 5) is 16.1. The Morgan fingerprint density at radius 3 is 1.77 bits per heavy atom. The van der Waals surface area contributed by atoms with Crippen molar-refractivity contribution in [3.05, 3.63) is 186 Å². The van der Waals surface area contributed by atoms with E-state index in [1.165, 1.54) is 16.5 Å². The monoisotopic (exact) mass is 613 g/mol. The molecule has 0 saturated carbocycles. The molecule has 0 fully saturated rings. The van der Waals surface area contributed by atoms with Crippen LogP contribution in [0.1, 0.15) is 22.5 Å². The maximum atomic E-state index is 6.18. The molecule has 0 atom stereocenters. The summed E-state index contributed by atoms with van der Waals surface area (Å²) in [6, 6.07) is 57.2. The molecule has 0 amide bonds. The number of nitrogens with zero attached hydrogens (tertiary/aromatic N) is 3. The minimum atomic E-state index is -0.760. The Morgan fingerprint density at radius 2 is 1.00 bits per heavy atom. The second-order valence-electron chi connectivity index (χ2n) is 12.4. The van der Waals surface area contributed by atoms with Crippen molar-refractivity contribution in [3.8, 4) is 33.9 Å². The van der Waals surface area contributed by atoms with Gasteiger partial charge < -0.3 is 4.42 Å². The van der Waals surface area contributed by atoms with E-state index in [1.54, 1.807) is 0 Å². The topological polar surface area (TPSA) is 51.8 Å². The third-order valence-corrected chi connectivity index (χ3v) is 9.77. The molecule has 2 aromatic heterocycles. The van der Waals surface area contributed by atoms with Crippen LogP contribution in [0.4, 0.5) is 0 Å². The van der Waals surface area contributed by atoms with Gasteiger partial charge in [0.05, 0.1) is 0 Å². The summed E-state index contributed by atoms with van der Waals surface area (Å²) in [6.45, 7) is 0. The Balaban J connectivity index is 1.31. The highest BCUT2D eigenvalue weighted by atomic mass is 16.3. The minimum Gasteiger partial charge on any atom is -0.456 e. The minimum absolute atomic E-state index is 0.618. The zero-order valence-corrected chi connectivity index (χ0v) is 25.8. The molecule has 1 aliphatic rings. The SMILES string of the molecule is c1ccc(C2(c3nc(-c4ccc5ccccc5c4)nc(-c4ccc5oc6ccccc6c5c4)n3)c3ccccc3-c3ccccc32)cc1. The summed E-state index contributed by atoms with van der Waals surface area (Å²) in [5, 5.41) is 4.41. The summed E-state index contributed by atoms with van der Waals surface area (Å²) in [5.74, 6) is 1.94. The summed E-state index contributed by atoms with van der Waals surface area (Å²) >= 11 is 0. The molecule has 4 nitrogen and oxygen atoms in total. The number of fused-ring (bicyclic) bond motifs is 7. The smallest absolute Gasteiger partial charge is 0.163 e. The highest BCUT2D eigenvalue weighted by Gasteiger charge is 2.48. The van der Waals surface area contributed by atoms with E-state index in [1.807, 2.05) is 24.3 Å². The molecule has 0 N–H and O–H groups in total. The second kappa shape index (κ2) is 10.3. The van der Waals surface area contributed by atoms with Crippen molar-refractivity contribution in [2.75, 3.05) is 0 Å². The van der Waals surface area contributed by atoms with Crippen LogP contribution in [0, 0.1) is 0 Å². The molecule has 2 heterocycles. The first-order valence-corrected chi connectivity index (χ1v) is 16.2. The number of hydrogen-bond donors (Lipinski definition) is 0. The summed E-state index contributed by atoms with van der Waals surface area (Å²) in [5.41, 5.74) is 8.60. The van der Waals surface area contributed by atoms with Crippen LogP contribution in [0.15, 0.2) is 168 Å². The number of rotatable bonds is 4. The lowest BCUT2D eigenvalue weighted by Crippen LogP contribution is -2.31. The van der Waals surface area contributed by atoms with Gasteiger partial charge in [-0.2, -0.15) is 0 Å². The molecule has 224 valence electrons. The second-order valence-corrected chi connectivity index (χ2v) is 12.4. The standard InChI is InChI=1S/C44H27N3O/c1-2-14-32(15-3-1)44(37-19-9-6-16-33(37)34-17-7-10-20-38(34)44)43-46-41(30-23-22-28-12-4-5-13-29(28)26-30)45-42(47-43)31-24-25-40-36(27-31)35-18-8-11-21-39(35)48-40/h1-27H. The predicted molar refractivity (Wildman–Crippen MR) is 193 cm³/mol. The van der Waals surface area contributed by atoms with E-state index in [2.05, 4.69) is 140 Å². The van der Waals surface area contributed by atoms with Crippen LogP contribution in [0.2, 0.25) is 0 Å². The van der Waals surface area contributed by atoms with Gasteiger partial charge in [-0.05, 0) is 68.9 Å². The lowest BCUT2D eigenvalue weighted by molar-refractivity contribution is 0.669. The molecule has 48 heavy (non-hydrogen) atoms. The van der Waals surface area contributed by atoms with Crippen molar-refractivity contribution in [3.63, 3.8) is 0 Å². The van der Waals surface area contributed by atoms with Crippen molar-refractivity contribution >= 4 is 32.7 Å². The Bertz CT molecular complexity index is 2650. The molecule has 0 aliphatic heterocycles. The van der Waals surface area contributed by atoms with Gasteiger partial charge in [0.15, 0.2) is 17.5 Å². The average Bonchev–Trinajstić information content (AvgIpc) is 3.68. The largest absolute Gasteiger partial charge is 0.456 e. The third kappa shape index (κ3) is 3.86. The zero-order valence-electron chi connectivity index (χ0n) is 25.8. The molecule has 7 aromatic carbocycles. The van der Waals surface area contributed by atoms with Crippen LogP contribution < -0.4 is 0 Å². The van der Waals surface area contributed by atoms with Gasteiger partial charge in [0.2, 0.25) is 0 Å². The lowest BCUT2D eigenvalue weighted by Gasteiger charge is -2.32. The molecular formula is C44H27N3O. The van der Waals surface area contributed by atoms with Gasteiger partial charge >= 0.3 is 0 Å². The highest BCUT2D eigenvalue weighted by molar-refractivity contribution is 6.06. The molecule has 0 bridgehead atoms. The fourth-order valence-electron chi connectivity index (χ4n) is 7.60. The van der Waals surface area contributed by atoms with E-state index >= 15 is 0 Å². The lowest BCUT2D eigenvalue weighted by atomic mass is 9.71. The van der Waals surface area contributed by atoms with Crippen LogP contribution >= 0.6 is 0 Å². The zero-order chi connectivity index (χ0) is 31.7. The van der Waals surface area contributed by atoms with E-state index in [4.69, 9.17) is 19.4 Å². The van der Waals surface area contributed by atoms with Crippen LogP contribution in [0.3, 0.4) is 0 Å². The first-order valence-electron chi connectivity index (χ1n) is 16.2.